The number of anilines is 1. The molecule has 0 saturated heterocycles. The number of pyridine rings is 1. The molecule has 208 valence electrons. The van der Waals surface area contributed by atoms with Gasteiger partial charge in [-0.15, -0.1) is 5.10 Å². The lowest BCUT2D eigenvalue weighted by atomic mass is 9.92. The van der Waals surface area contributed by atoms with Crippen molar-refractivity contribution in [3.05, 3.63) is 47.7 Å². The summed E-state index contributed by atoms with van der Waals surface area (Å²) in [4.78, 5) is 6.44. The van der Waals surface area contributed by atoms with Crippen molar-refractivity contribution in [2.75, 3.05) is 19.8 Å². The summed E-state index contributed by atoms with van der Waals surface area (Å²) >= 11 is 0. The molecule has 0 aliphatic heterocycles. The van der Waals surface area contributed by atoms with Crippen molar-refractivity contribution in [3.8, 4) is 22.8 Å². The minimum atomic E-state index is -1.13. The Bertz CT molecular complexity index is 1330. The zero-order valence-electron chi connectivity index (χ0n) is 22.9. The van der Waals surface area contributed by atoms with Crippen molar-refractivity contribution in [1.29, 1.82) is 5.41 Å². The third-order valence-electron chi connectivity index (χ3n) is 7.48. The van der Waals surface area contributed by atoms with Gasteiger partial charge in [0.2, 0.25) is 5.82 Å². The molecule has 1 aliphatic carbocycles. The monoisotopic (exact) mass is 538 g/mol. The van der Waals surface area contributed by atoms with Crippen molar-refractivity contribution >= 4 is 17.6 Å². The zero-order chi connectivity index (χ0) is 28.1. The predicted octanol–water partition coefficient (Wildman–Crippen LogP) is 5.31. The van der Waals surface area contributed by atoms with Crippen molar-refractivity contribution < 1.29 is 13.5 Å². The van der Waals surface area contributed by atoms with E-state index >= 15 is 8.78 Å². The Kier molecular flexibility index (Phi) is 9.01. The Balaban J connectivity index is 1.61. The molecule has 0 radical (unpaired) electrons. The summed E-state index contributed by atoms with van der Waals surface area (Å²) in [5.74, 6) is -1.67. The summed E-state index contributed by atoms with van der Waals surface area (Å²) in [6, 6.07) is 4.97. The lowest BCUT2D eigenvalue weighted by molar-refractivity contribution is 0.107. The summed E-state index contributed by atoms with van der Waals surface area (Å²) < 4.78 is 37.5. The van der Waals surface area contributed by atoms with Crippen molar-refractivity contribution in [1.82, 2.24) is 30.1 Å². The number of nitrogens with zero attached hydrogens (tertiary/aromatic N) is 6. The number of ether oxygens (including phenoxy) is 1. The van der Waals surface area contributed by atoms with Crippen LogP contribution >= 0.6 is 0 Å². The standard InChI is InChI=1S/C28H36F2N8O/c1-5-17(2)6-7-18(15-31)19-14-22(27(32)33-16-19)28-34-35-36-38(28)23-12-13-24(26(30)25(23)29)39-21-10-8-20(9-11-21)37(3)4/h7,12-17,20-21,31H,5-6,8-11H2,1-4H3,(H2,32,33). The van der Waals surface area contributed by atoms with Crippen LogP contribution in [0.4, 0.5) is 14.6 Å². The van der Waals surface area contributed by atoms with Gasteiger partial charge in [-0.2, -0.15) is 9.07 Å². The first kappa shape index (κ1) is 28.3. The molecule has 9 nitrogen and oxygen atoms in total. The quantitative estimate of drug-likeness (QED) is 0.336. The van der Waals surface area contributed by atoms with E-state index in [1.165, 1.54) is 18.3 Å². The molecule has 0 amide bonds. The molecule has 1 saturated carbocycles. The molecule has 2 heterocycles. The van der Waals surface area contributed by atoms with Gasteiger partial charge >= 0.3 is 0 Å². The van der Waals surface area contributed by atoms with Gasteiger partial charge in [-0.3, -0.25) is 0 Å². The van der Waals surface area contributed by atoms with Crippen LogP contribution in [0.1, 0.15) is 57.9 Å². The molecule has 3 aromatic rings. The Morgan fingerprint density at radius 1 is 1.23 bits per heavy atom. The molecule has 1 atom stereocenters. The maximum absolute atomic E-state index is 15.4. The molecule has 3 N–H and O–H groups in total. The number of nitrogens with one attached hydrogen (secondary N) is 1. The SMILES string of the molecule is CCC(C)CC=C(C=N)c1cnc(N)c(-c2nnnn2-c2ccc(OC3CCC(N(C)C)CC3)c(F)c2F)c1. The maximum atomic E-state index is 15.4. The van der Waals surface area contributed by atoms with Crippen LogP contribution in [0.25, 0.3) is 22.6 Å². The molecule has 1 aromatic carbocycles. The van der Waals surface area contributed by atoms with Crippen molar-refractivity contribution in [2.45, 2.75) is 64.5 Å². The van der Waals surface area contributed by atoms with E-state index in [1.807, 2.05) is 20.2 Å². The second kappa shape index (κ2) is 12.4. The minimum Gasteiger partial charge on any atom is -0.487 e. The fourth-order valence-corrected chi connectivity index (χ4v) is 4.72. The van der Waals surface area contributed by atoms with Gasteiger partial charge in [0.15, 0.2) is 17.4 Å². The molecule has 0 bridgehead atoms. The van der Waals surface area contributed by atoms with E-state index in [9.17, 15) is 0 Å². The summed E-state index contributed by atoms with van der Waals surface area (Å²) in [5, 5.41) is 19.5. The predicted molar refractivity (Wildman–Crippen MR) is 148 cm³/mol. The van der Waals surface area contributed by atoms with Crippen LogP contribution in [-0.4, -0.2) is 62.5 Å². The largest absolute Gasteiger partial charge is 0.487 e. The van der Waals surface area contributed by atoms with E-state index in [0.29, 0.717) is 28.7 Å². The molecular formula is C28H36F2N8O. The normalized spacial score (nSPS) is 18.8. The van der Waals surface area contributed by atoms with Crippen LogP contribution in [0.5, 0.6) is 5.75 Å². The van der Waals surface area contributed by atoms with Gasteiger partial charge in [-0.05, 0) is 86.3 Å². The molecule has 1 fully saturated rings. The smallest absolute Gasteiger partial charge is 0.202 e. The van der Waals surface area contributed by atoms with Gasteiger partial charge < -0.3 is 20.8 Å². The van der Waals surface area contributed by atoms with Gasteiger partial charge in [-0.1, -0.05) is 26.3 Å². The number of benzene rings is 1. The Hall–Kier alpha value is -3.73. The molecule has 0 spiro atoms. The van der Waals surface area contributed by atoms with Gasteiger partial charge in [0.05, 0.1) is 11.7 Å². The molecule has 1 unspecified atom stereocenters. The lowest BCUT2D eigenvalue weighted by Crippen LogP contribution is -2.35. The summed E-state index contributed by atoms with van der Waals surface area (Å²) in [6.45, 7) is 4.25. The number of tetrazole rings is 1. The number of halogens is 2. The number of nitrogen functional groups attached to an aromatic ring is 1. The summed E-state index contributed by atoms with van der Waals surface area (Å²) in [6.07, 6.45) is 9.87. The first-order valence-corrected chi connectivity index (χ1v) is 13.3. The van der Waals surface area contributed by atoms with E-state index in [4.69, 9.17) is 15.9 Å². The number of rotatable bonds is 10. The number of nitrogens with two attached hydrogens (primary N) is 1. The third-order valence-corrected chi connectivity index (χ3v) is 7.48. The highest BCUT2D eigenvalue weighted by Crippen LogP contribution is 2.32. The van der Waals surface area contributed by atoms with E-state index < -0.39 is 11.6 Å². The molecule has 1 aliphatic rings. The average molecular weight is 539 g/mol. The number of allylic oxidation sites excluding steroid dienone is 2. The summed E-state index contributed by atoms with van der Waals surface area (Å²) in [5.41, 5.74) is 7.62. The van der Waals surface area contributed by atoms with Crippen LogP contribution in [0, 0.1) is 23.0 Å². The van der Waals surface area contributed by atoms with E-state index in [-0.39, 0.29) is 29.2 Å². The van der Waals surface area contributed by atoms with Gasteiger partial charge in [-0.25, -0.2) is 9.37 Å². The molecule has 2 aromatic heterocycles. The Labute approximate surface area is 227 Å². The number of aromatic nitrogens is 5. The fourth-order valence-electron chi connectivity index (χ4n) is 4.72. The van der Waals surface area contributed by atoms with Crippen molar-refractivity contribution in [2.24, 2.45) is 5.92 Å². The van der Waals surface area contributed by atoms with E-state index in [1.54, 1.807) is 12.3 Å². The minimum absolute atomic E-state index is 0.0992. The molecule has 4 rings (SSSR count). The highest BCUT2D eigenvalue weighted by Gasteiger charge is 2.27. The zero-order valence-corrected chi connectivity index (χ0v) is 22.9. The third kappa shape index (κ3) is 6.30. The van der Waals surface area contributed by atoms with Crippen LogP contribution in [0.15, 0.2) is 30.5 Å². The van der Waals surface area contributed by atoms with Gasteiger partial charge in [0.25, 0.3) is 0 Å². The van der Waals surface area contributed by atoms with E-state index in [0.717, 1.165) is 43.2 Å². The molecule has 39 heavy (non-hydrogen) atoms. The molecular weight excluding hydrogens is 502 g/mol. The Morgan fingerprint density at radius 2 is 1.97 bits per heavy atom. The average Bonchev–Trinajstić information content (AvgIpc) is 3.42. The highest BCUT2D eigenvalue weighted by atomic mass is 19.2. The van der Waals surface area contributed by atoms with Crippen LogP contribution in [0.2, 0.25) is 0 Å². The van der Waals surface area contributed by atoms with Crippen LogP contribution < -0.4 is 10.5 Å². The van der Waals surface area contributed by atoms with Crippen LogP contribution in [0.3, 0.4) is 0 Å². The van der Waals surface area contributed by atoms with Crippen molar-refractivity contribution in [3.63, 3.8) is 0 Å². The van der Waals surface area contributed by atoms with E-state index in [2.05, 4.69) is 39.3 Å². The number of hydrogen-bond donors (Lipinski definition) is 2. The topological polar surface area (TPSA) is 119 Å². The van der Waals surface area contributed by atoms with Gasteiger partial charge in [0.1, 0.15) is 11.5 Å². The first-order chi connectivity index (χ1) is 18.7. The number of hydrogen-bond acceptors (Lipinski definition) is 8. The summed E-state index contributed by atoms with van der Waals surface area (Å²) in [7, 11) is 4.09. The lowest BCUT2D eigenvalue weighted by Gasteiger charge is -2.32. The van der Waals surface area contributed by atoms with Gasteiger partial charge in [0, 0.05) is 24.0 Å². The first-order valence-electron chi connectivity index (χ1n) is 13.3. The van der Waals surface area contributed by atoms with Crippen LogP contribution in [-0.2, 0) is 0 Å². The molecule has 11 heteroatoms. The second-order valence-electron chi connectivity index (χ2n) is 10.3. The maximum Gasteiger partial charge on any atom is 0.202 e. The second-order valence-corrected chi connectivity index (χ2v) is 10.3. The Morgan fingerprint density at radius 3 is 2.64 bits per heavy atom. The fraction of sp³-hybridized carbons (Fsp3) is 0.464. The highest BCUT2D eigenvalue weighted by molar-refractivity contribution is 6.08.